The van der Waals surface area contributed by atoms with E-state index in [2.05, 4.69) is 15.5 Å². The molecule has 0 atom stereocenters. The van der Waals surface area contributed by atoms with Crippen LogP contribution in [0.1, 0.15) is 25.7 Å². The van der Waals surface area contributed by atoms with Crippen molar-refractivity contribution in [2.75, 3.05) is 18.4 Å². The Morgan fingerprint density at radius 1 is 1.27 bits per heavy atom. The molecule has 26 heavy (non-hydrogen) atoms. The molecular formula is C16H22N6O3S. The number of aromatic nitrogens is 4. The smallest absolute Gasteiger partial charge is 0.253 e. The summed E-state index contributed by atoms with van der Waals surface area (Å²) in [4.78, 5) is 13.1. The highest BCUT2D eigenvalue weighted by Crippen LogP contribution is 2.36. The third-order valence-corrected chi connectivity index (χ3v) is 7.57. The van der Waals surface area contributed by atoms with Crippen molar-refractivity contribution in [1.82, 2.24) is 23.9 Å². The van der Waals surface area contributed by atoms with Gasteiger partial charge in [0.05, 0.1) is 5.25 Å². The molecule has 0 bridgehead atoms. The lowest BCUT2D eigenvalue weighted by molar-refractivity contribution is -0.127. The Bertz CT molecular complexity index is 892. The van der Waals surface area contributed by atoms with Gasteiger partial charge in [0, 0.05) is 44.8 Å². The molecule has 2 aromatic heterocycles. The van der Waals surface area contributed by atoms with Crippen molar-refractivity contribution in [3.63, 3.8) is 0 Å². The van der Waals surface area contributed by atoms with Gasteiger partial charge in [-0.2, -0.15) is 10.2 Å². The molecule has 0 radical (unpaired) electrons. The number of amides is 1. The van der Waals surface area contributed by atoms with Gasteiger partial charge >= 0.3 is 0 Å². The number of sulfonamides is 1. The maximum absolute atomic E-state index is 13.1. The first kappa shape index (κ1) is 17.2. The standard InChI is InChI=1S/C16H22N6O3S/c1-20-10-5-14(19-20)18-15(23)16(22-9-2-8-17-22)6-11-21(12-7-16)26(24,25)13-3-4-13/h2,5,8-10,13H,3-4,6-7,11-12H2,1H3,(H,18,19,23). The van der Waals surface area contributed by atoms with E-state index in [0.29, 0.717) is 31.7 Å². The average Bonchev–Trinajstić information content (AvgIpc) is 3.20. The lowest BCUT2D eigenvalue weighted by atomic mass is 9.87. The van der Waals surface area contributed by atoms with E-state index in [4.69, 9.17) is 0 Å². The van der Waals surface area contributed by atoms with E-state index in [1.807, 2.05) is 0 Å². The summed E-state index contributed by atoms with van der Waals surface area (Å²) in [5.41, 5.74) is -0.920. The van der Waals surface area contributed by atoms with Crippen LogP contribution >= 0.6 is 0 Å². The number of aryl methyl sites for hydroxylation is 1. The Balaban J connectivity index is 1.57. The molecule has 2 aromatic rings. The summed E-state index contributed by atoms with van der Waals surface area (Å²) in [7, 11) is -1.45. The van der Waals surface area contributed by atoms with Gasteiger partial charge in [-0.15, -0.1) is 0 Å². The van der Waals surface area contributed by atoms with E-state index in [1.165, 1.54) is 4.31 Å². The highest BCUT2D eigenvalue weighted by atomic mass is 32.2. The van der Waals surface area contributed by atoms with Gasteiger partial charge in [0.25, 0.3) is 5.91 Å². The summed E-state index contributed by atoms with van der Waals surface area (Å²) in [6.45, 7) is 0.628. The molecule has 4 rings (SSSR count). The first-order valence-electron chi connectivity index (χ1n) is 8.72. The monoisotopic (exact) mass is 378 g/mol. The van der Waals surface area contributed by atoms with Crippen molar-refractivity contribution in [3.05, 3.63) is 30.7 Å². The first-order chi connectivity index (χ1) is 12.4. The van der Waals surface area contributed by atoms with Crippen LogP contribution < -0.4 is 5.32 Å². The molecule has 1 aliphatic carbocycles. The molecule has 1 saturated carbocycles. The number of hydrogen-bond acceptors (Lipinski definition) is 5. The Hall–Kier alpha value is -2.20. The van der Waals surface area contributed by atoms with Gasteiger partial charge < -0.3 is 5.32 Å². The van der Waals surface area contributed by atoms with Crippen LogP contribution in [-0.4, -0.2) is 56.5 Å². The maximum atomic E-state index is 13.1. The van der Waals surface area contributed by atoms with E-state index in [9.17, 15) is 13.2 Å². The molecule has 1 amide bonds. The SMILES string of the molecule is Cn1ccc(NC(=O)C2(n3cccn3)CCN(S(=O)(=O)C3CC3)CC2)n1. The van der Waals surface area contributed by atoms with Gasteiger partial charge in [-0.1, -0.05) is 0 Å². The zero-order valence-electron chi connectivity index (χ0n) is 14.6. The number of piperidine rings is 1. The number of carbonyl (C=O) groups excluding carboxylic acids is 1. The Morgan fingerprint density at radius 2 is 2.00 bits per heavy atom. The zero-order chi connectivity index (χ0) is 18.4. The largest absolute Gasteiger partial charge is 0.307 e. The summed E-state index contributed by atoms with van der Waals surface area (Å²) in [6, 6.07) is 3.49. The summed E-state index contributed by atoms with van der Waals surface area (Å²) in [5, 5.41) is 11.1. The Labute approximate surface area is 152 Å². The molecular weight excluding hydrogens is 356 g/mol. The van der Waals surface area contributed by atoms with Gasteiger partial charge in [-0.25, -0.2) is 12.7 Å². The normalized spacial score (nSPS) is 20.8. The van der Waals surface area contributed by atoms with Crippen LogP contribution in [0.25, 0.3) is 0 Å². The van der Waals surface area contributed by atoms with Gasteiger partial charge in [0.15, 0.2) is 5.82 Å². The molecule has 2 aliphatic rings. The fraction of sp³-hybridized carbons (Fsp3) is 0.562. The highest BCUT2D eigenvalue weighted by molar-refractivity contribution is 7.90. The molecule has 0 aromatic carbocycles. The molecule has 3 heterocycles. The van der Waals surface area contributed by atoms with E-state index in [0.717, 1.165) is 12.8 Å². The molecule has 1 N–H and O–H groups in total. The minimum atomic E-state index is -3.23. The molecule has 9 nitrogen and oxygen atoms in total. The predicted molar refractivity (Wildman–Crippen MR) is 94.8 cm³/mol. The van der Waals surface area contributed by atoms with Crippen LogP contribution in [0.4, 0.5) is 5.82 Å². The maximum Gasteiger partial charge on any atom is 0.253 e. The minimum absolute atomic E-state index is 0.219. The van der Waals surface area contributed by atoms with E-state index in [-0.39, 0.29) is 11.2 Å². The Kier molecular flexibility index (Phi) is 4.11. The van der Waals surface area contributed by atoms with Crippen molar-refractivity contribution in [3.8, 4) is 0 Å². The molecule has 1 aliphatic heterocycles. The van der Waals surface area contributed by atoms with Gasteiger partial charge in [-0.05, 0) is 31.7 Å². The lowest BCUT2D eigenvalue weighted by Gasteiger charge is -2.40. The van der Waals surface area contributed by atoms with Crippen molar-refractivity contribution >= 4 is 21.7 Å². The second-order valence-electron chi connectivity index (χ2n) is 6.95. The van der Waals surface area contributed by atoms with Crippen LogP contribution in [0.3, 0.4) is 0 Å². The van der Waals surface area contributed by atoms with E-state index >= 15 is 0 Å². The van der Waals surface area contributed by atoms with Gasteiger partial charge in [-0.3, -0.25) is 14.2 Å². The first-order valence-corrected chi connectivity index (χ1v) is 10.2. The van der Waals surface area contributed by atoms with Crippen molar-refractivity contribution in [2.45, 2.75) is 36.5 Å². The van der Waals surface area contributed by atoms with Crippen LogP contribution in [0.2, 0.25) is 0 Å². The average molecular weight is 378 g/mol. The van der Waals surface area contributed by atoms with E-state index < -0.39 is 15.6 Å². The van der Waals surface area contributed by atoms with Crippen LogP contribution in [0.5, 0.6) is 0 Å². The van der Waals surface area contributed by atoms with E-state index in [1.54, 1.807) is 47.1 Å². The molecule has 0 spiro atoms. The summed E-state index contributed by atoms with van der Waals surface area (Å²) in [5.74, 6) is 0.250. The fourth-order valence-corrected chi connectivity index (χ4v) is 5.33. The van der Waals surface area contributed by atoms with Crippen LogP contribution in [0, 0.1) is 0 Å². The topological polar surface area (TPSA) is 102 Å². The second kappa shape index (κ2) is 6.20. The number of anilines is 1. The lowest BCUT2D eigenvalue weighted by Crippen LogP contribution is -2.54. The minimum Gasteiger partial charge on any atom is -0.307 e. The third-order valence-electron chi connectivity index (χ3n) is 5.18. The summed E-state index contributed by atoms with van der Waals surface area (Å²) < 4.78 is 29.8. The molecule has 1 saturated heterocycles. The Morgan fingerprint density at radius 3 is 2.54 bits per heavy atom. The second-order valence-corrected chi connectivity index (χ2v) is 9.17. The molecule has 0 unspecified atom stereocenters. The van der Waals surface area contributed by atoms with Crippen molar-refractivity contribution in [2.24, 2.45) is 7.05 Å². The van der Waals surface area contributed by atoms with Crippen LogP contribution in [-0.2, 0) is 27.4 Å². The highest BCUT2D eigenvalue weighted by Gasteiger charge is 2.48. The van der Waals surface area contributed by atoms with Gasteiger partial charge in [0.1, 0.15) is 5.54 Å². The van der Waals surface area contributed by atoms with Crippen molar-refractivity contribution in [1.29, 1.82) is 0 Å². The van der Waals surface area contributed by atoms with Crippen molar-refractivity contribution < 1.29 is 13.2 Å². The van der Waals surface area contributed by atoms with Gasteiger partial charge in [0.2, 0.25) is 10.0 Å². The summed E-state index contributed by atoms with van der Waals surface area (Å²) >= 11 is 0. The fourth-order valence-electron chi connectivity index (χ4n) is 3.48. The number of rotatable bonds is 5. The third kappa shape index (κ3) is 2.92. The molecule has 2 fully saturated rings. The number of nitrogens with one attached hydrogen (secondary N) is 1. The quantitative estimate of drug-likeness (QED) is 0.818. The summed E-state index contributed by atoms with van der Waals surface area (Å²) in [6.07, 6.45) is 7.36. The number of hydrogen-bond donors (Lipinski definition) is 1. The predicted octanol–water partition coefficient (Wildman–Crippen LogP) is 0.539. The number of nitrogens with zero attached hydrogens (tertiary/aromatic N) is 5. The number of carbonyl (C=O) groups is 1. The molecule has 10 heteroatoms. The zero-order valence-corrected chi connectivity index (χ0v) is 15.4. The van der Waals surface area contributed by atoms with Crippen LogP contribution in [0.15, 0.2) is 30.7 Å². The molecule has 140 valence electrons.